The molecule has 0 fully saturated rings. The highest BCUT2D eigenvalue weighted by Crippen LogP contribution is 2.12. The molecule has 0 aliphatic rings. The standard InChI is InChI=1S/C18H30O/c1-2-3-4-5-6-7-8-9-10-14-17-19-18-15-12-11-13-16-18/h11-13,15-16H,2-10,14,17H2,1H3. The molecule has 1 heteroatoms. The van der Waals surface area contributed by atoms with Crippen molar-refractivity contribution in [2.45, 2.75) is 71.1 Å². The molecule has 0 saturated carbocycles. The fourth-order valence-electron chi connectivity index (χ4n) is 2.30. The van der Waals surface area contributed by atoms with E-state index in [1.165, 1.54) is 64.2 Å². The summed E-state index contributed by atoms with van der Waals surface area (Å²) >= 11 is 0. The molecule has 0 saturated heterocycles. The maximum atomic E-state index is 5.68. The van der Waals surface area contributed by atoms with Gasteiger partial charge in [0.05, 0.1) is 6.61 Å². The Kier molecular flexibility index (Phi) is 10.2. The minimum absolute atomic E-state index is 0.862. The number of rotatable bonds is 12. The molecule has 0 spiro atoms. The summed E-state index contributed by atoms with van der Waals surface area (Å²) in [5, 5.41) is 0. The van der Waals surface area contributed by atoms with Crippen molar-refractivity contribution in [3.8, 4) is 5.75 Å². The Morgan fingerprint density at radius 3 is 1.79 bits per heavy atom. The maximum Gasteiger partial charge on any atom is 0.119 e. The Morgan fingerprint density at radius 1 is 0.684 bits per heavy atom. The van der Waals surface area contributed by atoms with Gasteiger partial charge in [0.2, 0.25) is 0 Å². The van der Waals surface area contributed by atoms with Crippen LogP contribution >= 0.6 is 0 Å². The van der Waals surface area contributed by atoms with E-state index in [1.54, 1.807) is 0 Å². The summed E-state index contributed by atoms with van der Waals surface area (Å²) in [6.07, 6.45) is 13.7. The van der Waals surface area contributed by atoms with E-state index in [0.717, 1.165) is 12.4 Å². The lowest BCUT2D eigenvalue weighted by molar-refractivity contribution is 0.304. The summed E-state index contributed by atoms with van der Waals surface area (Å²) in [5.74, 6) is 0.999. The van der Waals surface area contributed by atoms with E-state index >= 15 is 0 Å². The van der Waals surface area contributed by atoms with E-state index in [1.807, 2.05) is 30.3 Å². The predicted octanol–water partition coefficient (Wildman–Crippen LogP) is 5.99. The average Bonchev–Trinajstić information content (AvgIpc) is 2.46. The molecular weight excluding hydrogens is 232 g/mol. The second kappa shape index (κ2) is 12.1. The van der Waals surface area contributed by atoms with E-state index in [2.05, 4.69) is 6.92 Å². The Balaban J connectivity index is 1.79. The van der Waals surface area contributed by atoms with Crippen LogP contribution in [0.3, 0.4) is 0 Å². The van der Waals surface area contributed by atoms with Crippen LogP contribution in [0.1, 0.15) is 71.1 Å². The van der Waals surface area contributed by atoms with Crippen molar-refractivity contribution in [2.75, 3.05) is 6.61 Å². The molecule has 0 atom stereocenters. The van der Waals surface area contributed by atoms with Crippen molar-refractivity contribution in [3.05, 3.63) is 30.3 Å². The molecular formula is C18H30O. The summed E-state index contributed by atoms with van der Waals surface area (Å²) in [4.78, 5) is 0. The van der Waals surface area contributed by atoms with Gasteiger partial charge in [0.1, 0.15) is 5.75 Å². The summed E-state index contributed by atoms with van der Waals surface area (Å²) in [7, 11) is 0. The van der Waals surface area contributed by atoms with Crippen LogP contribution in [0, 0.1) is 0 Å². The van der Waals surface area contributed by atoms with Gasteiger partial charge in [-0.05, 0) is 18.6 Å². The number of benzene rings is 1. The number of unbranched alkanes of at least 4 members (excludes halogenated alkanes) is 9. The van der Waals surface area contributed by atoms with Crippen LogP contribution in [0.25, 0.3) is 0 Å². The molecule has 0 bridgehead atoms. The quantitative estimate of drug-likeness (QED) is 0.421. The van der Waals surface area contributed by atoms with Crippen LogP contribution in [-0.2, 0) is 0 Å². The maximum absolute atomic E-state index is 5.68. The molecule has 19 heavy (non-hydrogen) atoms. The third-order valence-corrected chi connectivity index (χ3v) is 3.51. The molecule has 1 aromatic carbocycles. The summed E-state index contributed by atoms with van der Waals surface area (Å²) in [6.45, 7) is 3.14. The molecule has 0 heterocycles. The predicted molar refractivity (Wildman–Crippen MR) is 83.8 cm³/mol. The number of hydrogen-bond acceptors (Lipinski definition) is 1. The zero-order valence-corrected chi connectivity index (χ0v) is 12.6. The third kappa shape index (κ3) is 9.58. The first kappa shape index (κ1) is 16.1. The second-order valence-corrected chi connectivity index (χ2v) is 5.34. The fraction of sp³-hybridized carbons (Fsp3) is 0.667. The number of ether oxygens (including phenoxy) is 1. The second-order valence-electron chi connectivity index (χ2n) is 5.34. The molecule has 1 aromatic rings. The SMILES string of the molecule is CCCCCCCCCCCCOc1ccccc1. The topological polar surface area (TPSA) is 9.23 Å². The highest BCUT2D eigenvalue weighted by atomic mass is 16.5. The molecule has 1 rings (SSSR count). The van der Waals surface area contributed by atoms with Gasteiger partial charge < -0.3 is 4.74 Å². The van der Waals surface area contributed by atoms with Crippen molar-refractivity contribution < 1.29 is 4.74 Å². The van der Waals surface area contributed by atoms with Crippen LogP contribution < -0.4 is 4.74 Å². The average molecular weight is 262 g/mol. The van der Waals surface area contributed by atoms with Gasteiger partial charge in [-0.1, -0.05) is 82.9 Å². The highest BCUT2D eigenvalue weighted by Gasteiger charge is 1.94. The summed E-state index contributed by atoms with van der Waals surface area (Å²) < 4.78 is 5.68. The lowest BCUT2D eigenvalue weighted by Gasteiger charge is -2.05. The first-order valence-electron chi connectivity index (χ1n) is 8.11. The van der Waals surface area contributed by atoms with Crippen molar-refractivity contribution in [1.82, 2.24) is 0 Å². The zero-order chi connectivity index (χ0) is 13.6. The lowest BCUT2D eigenvalue weighted by atomic mass is 10.1. The first-order chi connectivity index (χ1) is 9.43. The highest BCUT2D eigenvalue weighted by molar-refractivity contribution is 5.20. The van der Waals surface area contributed by atoms with Crippen molar-refractivity contribution in [1.29, 1.82) is 0 Å². The Labute approximate surface area is 119 Å². The largest absolute Gasteiger partial charge is 0.494 e. The van der Waals surface area contributed by atoms with Crippen LogP contribution in [0.2, 0.25) is 0 Å². The van der Waals surface area contributed by atoms with Gasteiger partial charge in [0.15, 0.2) is 0 Å². The molecule has 0 unspecified atom stereocenters. The van der Waals surface area contributed by atoms with Crippen LogP contribution in [0.4, 0.5) is 0 Å². The van der Waals surface area contributed by atoms with Gasteiger partial charge in [-0.3, -0.25) is 0 Å². The zero-order valence-electron chi connectivity index (χ0n) is 12.6. The van der Waals surface area contributed by atoms with Gasteiger partial charge in [-0.2, -0.15) is 0 Å². The smallest absolute Gasteiger partial charge is 0.119 e. The van der Waals surface area contributed by atoms with Gasteiger partial charge in [0.25, 0.3) is 0 Å². The van der Waals surface area contributed by atoms with Crippen molar-refractivity contribution in [2.24, 2.45) is 0 Å². The van der Waals surface area contributed by atoms with E-state index in [0.29, 0.717) is 0 Å². The molecule has 0 amide bonds. The molecule has 108 valence electrons. The number of hydrogen-bond donors (Lipinski definition) is 0. The van der Waals surface area contributed by atoms with Gasteiger partial charge in [-0.25, -0.2) is 0 Å². The Morgan fingerprint density at radius 2 is 1.21 bits per heavy atom. The van der Waals surface area contributed by atoms with Gasteiger partial charge >= 0.3 is 0 Å². The third-order valence-electron chi connectivity index (χ3n) is 3.51. The van der Waals surface area contributed by atoms with Crippen molar-refractivity contribution in [3.63, 3.8) is 0 Å². The van der Waals surface area contributed by atoms with Gasteiger partial charge in [0, 0.05) is 0 Å². The molecule has 0 aliphatic carbocycles. The monoisotopic (exact) mass is 262 g/mol. The molecule has 0 radical (unpaired) electrons. The van der Waals surface area contributed by atoms with E-state index in [-0.39, 0.29) is 0 Å². The van der Waals surface area contributed by atoms with Crippen LogP contribution in [0.5, 0.6) is 5.75 Å². The van der Waals surface area contributed by atoms with E-state index < -0.39 is 0 Å². The normalized spacial score (nSPS) is 10.6. The molecule has 1 nitrogen and oxygen atoms in total. The van der Waals surface area contributed by atoms with E-state index in [9.17, 15) is 0 Å². The van der Waals surface area contributed by atoms with E-state index in [4.69, 9.17) is 4.74 Å². The van der Waals surface area contributed by atoms with Crippen LogP contribution in [-0.4, -0.2) is 6.61 Å². The summed E-state index contributed by atoms with van der Waals surface area (Å²) in [6, 6.07) is 10.1. The minimum atomic E-state index is 0.862. The van der Waals surface area contributed by atoms with Gasteiger partial charge in [-0.15, -0.1) is 0 Å². The Hall–Kier alpha value is -0.980. The fourth-order valence-corrected chi connectivity index (χ4v) is 2.30. The molecule has 0 aromatic heterocycles. The lowest BCUT2D eigenvalue weighted by Crippen LogP contribution is -1.96. The van der Waals surface area contributed by atoms with Crippen LogP contribution in [0.15, 0.2) is 30.3 Å². The Bertz CT molecular complexity index is 281. The number of para-hydroxylation sites is 1. The first-order valence-corrected chi connectivity index (χ1v) is 8.11. The molecule has 0 aliphatic heterocycles. The van der Waals surface area contributed by atoms with Crippen molar-refractivity contribution >= 4 is 0 Å². The summed E-state index contributed by atoms with van der Waals surface area (Å²) in [5.41, 5.74) is 0. The minimum Gasteiger partial charge on any atom is -0.494 e. The molecule has 0 N–H and O–H groups in total.